The molecule has 1 aromatic heterocycles. The number of Topliss-reactive ketones (excluding diaryl/α,β-unsaturated/α-hetero) is 1. The minimum atomic E-state index is -0.610. The lowest BCUT2D eigenvalue weighted by atomic mass is 10.0. The van der Waals surface area contributed by atoms with Crippen LogP contribution in [0, 0.1) is 0 Å². The third-order valence-corrected chi connectivity index (χ3v) is 3.63. The van der Waals surface area contributed by atoms with Crippen molar-refractivity contribution < 1.29 is 9.59 Å². The van der Waals surface area contributed by atoms with E-state index in [-0.39, 0.29) is 12.2 Å². The van der Waals surface area contributed by atoms with Gasteiger partial charge in [-0.25, -0.2) is 0 Å². The van der Waals surface area contributed by atoms with Crippen LogP contribution in [0.5, 0.6) is 0 Å². The number of nitrogens with zero attached hydrogens (tertiary/aromatic N) is 1. The van der Waals surface area contributed by atoms with Crippen molar-refractivity contribution in [1.82, 2.24) is 4.98 Å². The molecule has 0 aliphatic heterocycles. The maximum atomic E-state index is 11.9. The molecule has 0 bridgehead atoms. The number of benzene rings is 1. The van der Waals surface area contributed by atoms with Crippen LogP contribution in [0.25, 0.3) is 11.1 Å². The van der Waals surface area contributed by atoms with Gasteiger partial charge in [-0.05, 0) is 30.5 Å². The Bertz CT molecular complexity index is 688. The number of carbonyl (C=O) groups excluding carboxylic acids is 2. The van der Waals surface area contributed by atoms with Crippen molar-refractivity contribution in [2.24, 2.45) is 5.73 Å². The maximum absolute atomic E-state index is 11.9. The van der Waals surface area contributed by atoms with Crippen LogP contribution >= 0.6 is 0 Å². The van der Waals surface area contributed by atoms with Gasteiger partial charge in [0, 0.05) is 28.9 Å². The molecule has 1 amide bonds. The van der Waals surface area contributed by atoms with E-state index in [1.54, 1.807) is 18.2 Å². The van der Waals surface area contributed by atoms with Crippen LogP contribution in [0.1, 0.15) is 41.2 Å². The summed E-state index contributed by atoms with van der Waals surface area (Å²) in [6.45, 7) is 0. The van der Waals surface area contributed by atoms with Crippen LogP contribution in [0.4, 0.5) is 0 Å². The molecule has 2 N–H and O–H groups in total. The van der Waals surface area contributed by atoms with E-state index in [2.05, 4.69) is 4.98 Å². The molecule has 1 aromatic carbocycles. The van der Waals surface area contributed by atoms with Crippen molar-refractivity contribution in [3.63, 3.8) is 0 Å². The second-order valence-electron chi connectivity index (χ2n) is 5.39. The third-order valence-electron chi connectivity index (χ3n) is 3.63. The first-order valence-corrected chi connectivity index (χ1v) is 7.01. The smallest absolute Gasteiger partial charge is 0.225 e. The lowest BCUT2D eigenvalue weighted by Crippen LogP contribution is -2.16. The van der Waals surface area contributed by atoms with Crippen molar-refractivity contribution in [1.29, 1.82) is 0 Å². The summed E-state index contributed by atoms with van der Waals surface area (Å²) in [7, 11) is 0. The summed E-state index contributed by atoms with van der Waals surface area (Å²) < 4.78 is 0. The number of hydrogen-bond acceptors (Lipinski definition) is 3. The van der Waals surface area contributed by atoms with E-state index in [1.165, 1.54) is 12.8 Å². The second kappa shape index (κ2) is 5.48. The number of rotatable bonds is 5. The zero-order valence-electron chi connectivity index (χ0n) is 11.6. The summed E-state index contributed by atoms with van der Waals surface area (Å²) in [5, 5.41) is 0. The Balaban J connectivity index is 1.84. The van der Waals surface area contributed by atoms with Gasteiger partial charge in [0.2, 0.25) is 5.91 Å². The molecule has 1 saturated carbocycles. The van der Waals surface area contributed by atoms with E-state index in [1.807, 2.05) is 24.4 Å². The number of nitrogens with two attached hydrogens (primary N) is 1. The summed E-state index contributed by atoms with van der Waals surface area (Å²) in [5.41, 5.74) is 8.58. The maximum Gasteiger partial charge on any atom is 0.225 e. The standard InChI is InChI=1S/C17H16N2O2/c18-17(21)9-16(20)13-3-1-2-12(8-13)14-6-7-15(19-10-14)11-4-5-11/h1-3,6-8,10-11H,4-5,9H2,(H2,18,21). The van der Waals surface area contributed by atoms with Crippen LogP contribution in [0.2, 0.25) is 0 Å². The molecule has 2 aromatic rings. The SMILES string of the molecule is NC(=O)CC(=O)c1cccc(-c2ccc(C3CC3)nc2)c1. The van der Waals surface area contributed by atoms with Gasteiger partial charge in [-0.15, -0.1) is 0 Å². The zero-order valence-corrected chi connectivity index (χ0v) is 11.6. The van der Waals surface area contributed by atoms with Gasteiger partial charge in [-0.2, -0.15) is 0 Å². The van der Waals surface area contributed by atoms with Crippen molar-refractivity contribution >= 4 is 11.7 Å². The normalized spacial score (nSPS) is 13.9. The predicted molar refractivity (Wildman–Crippen MR) is 79.8 cm³/mol. The molecule has 1 fully saturated rings. The fraction of sp³-hybridized carbons (Fsp3) is 0.235. The molecule has 0 unspecified atom stereocenters. The summed E-state index contributed by atoms with van der Waals surface area (Å²) in [6, 6.07) is 11.3. The van der Waals surface area contributed by atoms with Gasteiger partial charge in [0.15, 0.2) is 5.78 Å². The Kier molecular flexibility index (Phi) is 3.52. The summed E-state index contributed by atoms with van der Waals surface area (Å²) in [6.07, 6.45) is 4.03. The Hall–Kier alpha value is -2.49. The van der Waals surface area contributed by atoms with Crippen LogP contribution < -0.4 is 5.73 Å². The highest BCUT2D eigenvalue weighted by molar-refractivity contribution is 6.07. The van der Waals surface area contributed by atoms with Crippen molar-refractivity contribution in [3.05, 3.63) is 53.9 Å². The van der Waals surface area contributed by atoms with E-state index in [0.29, 0.717) is 11.5 Å². The highest BCUT2D eigenvalue weighted by atomic mass is 16.2. The molecule has 1 heterocycles. The fourth-order valence-electron chi connectivity index (χ4n) is 2.33. The molecule has 0 atom stereocenters. The monoisotopic (exact) mass is 280 g/mol. The minimum Gasteiger partial charge on any atom is -0.369 e. The molecule has 0 saturated heterocycles. The first kappa shape index (κ1) is 13.5. The highest BCUT2D eigenvalue weighted by Crippen LogP contribution is 2.39. The molecule has 4 heteroatoms. The fourth-order valence-corrected chi connectivity index (χ4v) is 2.33. The largest absolute Gasteiger partial charge is 0.369 e. The highest BCUT2D eigenvalue weighted by Gasteiger charge is 2.24. The van der Waals surface area contributed by atoms with Gasteiger partial charge in [0.1, 0.15) is 0 Å². The van der Waals surface area contributed by atoms with E-state index in [0.717, 1.165) is 16.8 Å². The van der Waals surface area contributed by atoms with Crippen LogP contribution in [0.3, 0.4) is 0 Å². The van der Waals surface area contributed by atoms with Gasteiger partial charge in [0.05, 0.1) is 6.42 Å². The molecule has 4 nitrogen and oxygen atoms in total. The average molecular weight is 280 g/mol. The first-order chi connectivity index (χ1) is 10.1. The lowest BCUT2D eigenvalue weighted by Gasteiger charge is -2.05. The quantitative estimate of drug-likeness (QED) is 0.676. The summed E-state index contributed by atoms with van der Waals surface area (Å²) in [4.78, 5) is 27.2. The lowest BCUT2D eigenvalue weighted by molar-refractivity contribution is -0.117. The third kappa shape index (κ3) is 3.16. The molecule has 0 spiro atoms. The van der Waals surface area contributed by atoms with E-state index in [9.17, 15) is 9.59 Å². The van der Waals surface area contributed by atoms with Gasteiger partial charge in [-0.3, -0.25) is 14.6 Å². The topological polar surface area (TPSA) is 73.1 Å². The van der Waals surface area contributed by atoms with Gasteiger partial charge in [0.25, 0.3) is 0 Å². The number of pyridine rings is 1. The van der Waals surface area contributed by atoms with Gasteiger partial charge in [-0.1, -0.05) is 24.3 Å². The van der Waals surface area contributed by atoms with E-state index < -0.39 is 5.91 Å². The summed E-state index contributed by atoms with van der Waals surface area (Å²) >= 11 is 0. The Morgan fingerprint density at radius 1 is 1.14 bits per heavy atom. The Labute approximate surface area is 123 Å². The zero-order chi connectivity index (χ0) is 14.8. The number of primary amides is 1. The summed E-state index contributed by atoms with van der Waals surface area (Å²) in [5.74, 6) is -0.240. The second-order valence-corrected chi connectivity index (χ2v) is 5.39. The number of ketones is 1. The Morgan fingerprint density at radius 3 is 2.57 bits per heavy atom. The molecular formula is C17H16N2O2. The minimum absolute atomic E-state index is 0.257. The van der Waals surface area contributed by atoms with Crippen molar-refractivity contribution in [2.45, 2.75) is 25.2 Å². The number of aromatic nitrogens is 1. The molecule has 1 aliphatic rings. The molecule has 1 aliphatic carbocycles. The van der Waals surface area contributed by atoms with Crippen LogP contribution in [-0.2, 0) is 4.79 Å². The van der Waals surface area contributed by atoms with E-state index >= 15 is 0 Å². The van der Waals surface area contributed by atoms with Gasteiger partial charge < -0.3 is 5.73 Å². The van der Waals surface area contributed by atoms with Gasteiger partial charge >= 0.3 is 0 Å². The van der Waals surface area contributed by atoms with Crippen LogP contribution in [0.15, 0.2) is 42.6 Å². The molecule has 106 valence electrons. The average Bonchev–Trinajstić information content (AvgIpc) is 3.32. The van der Waals surface area contributed by atoms with Crippen molar-refractivity contribution in [3.8, 4) is 11.1 Å². The number of hydrogen-bond donors (Lipinski definition) is 1. The molecule has 3 rings (SSSR count). The molecule has 0 radical (unpaired) electrons. The van der Waals surface area contributed by atoms with Crippen LogP contribution in [-0.4, -0.2) is 16.7 Å². The van der Waals surface area contributed by atoms with E-state index in [4.69, 9.17) is 5.73 Å². The molecule has 21 heavy (non-hydrogen) atoms. The predicted octanol–water partition coefficient (Wildman–Crippen LogP) is 2.68. The Morgan fingerprint density at radius 2 is 1.95 bits per heavy atom. The molecular weight excluding hydrogens is 264 g/mol. The van der Waals surface area contributed by atoms with Crippen molar-refractivity contribution in [2.75, 3.05) is 0 Å². The number of amides is 1. The first-order valence-electron chi connectivity index (χ1n) is 7.01. The number of carbonyl (C=O) groups is 2.